The van der Waals surface area contributed by atoms with Gasteiger partial charge in [-0.3, -0.25) is 14.4 Å². The molecule has 2 N–H and O–H groups in total. The molecule has 41 heavy (non-hydrogen) atoms. The van der Waals surface area contributed by atoms with Crippen molar-refractivity contribution in [3.05, 3.63) is 77.9 Å². The zero-order valence-corrected chi connectivity index (χ0v) is 24.6. The number of benzene rings is 2. The second kappa shape index (κ2) is 10.8. The van der Waals surface area contributed by atoms with Crippen molar-refractivity contribution in [2.24, 2.45) is 28.6 Å². The molecule has 3 saturated carbocycles. The molecule has 0 radical (unpaired) electrons. The molecule has 2 aromatic carbocycles. The first-order chi connectivity index (χ1) is 19.7. The zero-order valence-electron chi connectivity index (χ0n) is 24.6. The summed E-state index contributed by atoms with van der Waals surface area (Å²) in [5.41, 5.74) is 2.65. The van der Waals surface area contributed by atoms with Gasteiger partial charge in [0.1, 0.15) is 0 Å². The maximum Gasteiger partial charge on any atom is 0.255 e. The third-order valence-electron chi connectivity index (χ3n) is 11.4. The number of rotatable bonds is 6. The third-order valence-corrected chi connectivity index (χ3v) is 11.4. The van der Waals surface area contributed by atoms with Gasteiger partial charge in [-0.2, -0.15) is 0 Å². The van der Waals surface area contributed by atoms with E-state index in [1.54, 1.807) is 18.2 Å². The summed E-state index contributed by atoms with van der Waals surface area (Å²) in [6.45, 7) is 4.81. The van der Waals surface area contributed by atoms with Crippen LogP contribution in [-0.2, 0) is 16.0 Å². The van der Waals surface area contributed by atoms with Gasteiger partial charge in [0.15, 0.2) is 0 Å². The molecule has 7 atom stereocenters. The van der Waals surface area contributed by atoms with Crippen molar-refractivity contribution in [2.45, 2.75) is 77.3 Å². The largest absolute Gasteiger partial charge is 0.353 e. The fourth-order valence-electron chi connectivity index (χ4n) is 9.05. The molecule has 0 aromatic heterocycles. The van der Waals surface area contributed by atoms with Crippen LogP contribution in [0.15, 0.2) is 66.7 Å². The molecular formula is C35H43N3O3. The van der Waals surface area contributed by atoms with Gasteiger partial charge in [0.25, 0.3) is 5.91 Å². The molecule has 0 bridgehead atoms. The molecule has 1 heterocycles. The molecule has 4 aliphatic rings. The summed E-state index contributed by atoms with van der Waals surface area (Å²) < 4.78 is 0. The van der Waals surface area contributed by atoms with Crippen molar-refractivity contribution < 1.29 is 14.4 Å². The van der Waals surface area contributed by atoms with Gasteiger partial charge >= 0.3 is 0 Å². The Labute approximate surface area is 244 Å². The number of anilines is 1. The van der Waals surface area contributed by atoms with Crippen LogP contribution in [0.5, 0.6) is 0 Å². The maximum atomic E-state index is 13.1. The fourth-order valence-corrected chi connectivity index (χ4v) is 9.05. The molecule has 3 aliphatic carbocycles. The molecule has 6 heteroatoms. The van der Waals surface area contributed by atoms with Crippen LogP contribution in [0.2, 0.25) is 0 Å². The van der Waals surface area contributed by atoms with Crippen LogP contribution >= 0.6 is 0 Å². The number of likely N-dealkylation sites (N-methyl/N-ethyl adjacent to an activating group) is 1. The lowest BCUT2D eigenvalue weighted by Crippen LogP contribution is -2.60. The number of nitrogens with zero attached hydrogens (tertiary/aromatic N) is 1. The fraction of sp³-hybridized carbons (Fsp3) is 0.514. The van der Waals surface area contributed by atoms with Crippen LogP contribution in [-0.4, -0.2) is 41.8 Å². The van der Waals surface area contributed by atoms with E-state index in [-0.39, 0.29) is 34.6 Å². The van der Waals surface area contributed by atoms with E-state index in [1.807, 2.05) is 54.4 Å². The Morgan fingerprint density at radius 1 is 0.927 bits per heavy atom. The third kappa shape index (κ3) is 5.00. The average Bonchev–Trinajstić information content (AvgIpc) is 3.31. The van der Waals surface area contributed by atoms with E-state index in [9.17, 15) is 14.4 Å². The highest BCUT2D eigenvalue weighted by molar-refractivity contribution is 6.04. The summed E-state index contributed by atoms with van der Waals surface area (Å²) in [7, 11) is 1.97. The molecule has 3 amide bonds. The lowest BCUT2D eigenvalue weighted by molar-refractivity contribution is -0.138. The van der Waals surface area contributed by atoms with Gasteiger partial charge in [-0.1, -0.05) is 50.3 Å². The summed E-state index contributed by atoms with van der Waals surface area (Å²) in [5, 5.41) is 6.39. The van der Waals surface area contributed by atoms with Crippen LogP contribution in [0.3, 0.4) is 0 Å². The number of hydrogen-bond donors (Lipinski definition) is 2. The average molecular weight is 554 g/mol. The monoisotopic (exact) mass is 553 g/mol. The van der Waals surface area contributed by atoms with Crippen molar-refractivity contribution >= 4 is 23.4 Å². The van der Waals surface area contributed by atoms with E-state index in [0.717, 1.165) is 36.9 Å². The SMILES string of the molecule is CN1C(=O)C=C[C@@]2(C)C1CC[C@@H]1[C@H]2CC[C@]2(C)C(NC(=O)CCc3ccc(NC(=O)c4ccccc4)cc3)CC[C@@H]12. The van der Waals surface area contributed by atoms with Gasteiger partial charge in [0.05, 0.1) is 0 Å². The normalized spacial score (nSPS) is 33.9. The summed E-state index contributed by atoms with van der Waals surface area (Å²) in [4.78, 5) is 39.9. The Balaban J connectivity index is 1.03. The van der Waals surface area contributed by atoms with Crippen molar-refractivity contribution in [3.63, 3.8) is 0 Å². The van der Waals surface area contributed by atoms with Crippen molar-refractivity contribution in [3.8, 4) is 0 Å². The van der Waals surface area contributed by atoms with Crippen molar-refractivity contribution in [1.82, 2.24) is 10.2 Å². The number of nitrogens with one attached hydrogen (secondary N) is 2. The second-order valence-electron chi connectivity index (χ2n) is 13.4. The summed E-state index contributed by atoms with van der Waals surface area (Å²) >= 11 is 0. The first-order valence-electron chi connectivity index (χ1n) is 15.4. The van der Waals surface area contributed by atoms with E-state index >= 15 is 0 Å². The Morgan fingerprint density at radius 3 is 2.44 bits per heavy atom. The standard InChI is InChI=1S/C35H43N3O3/c1-34-21-19-28-26(14-17-30-35(28,2)22-20-32(40)38(30)3)27(34)15-16-29(34)37-31(39)18-11-23-9-12-25(13-10-23)36-33(41)24-7-5-4-6-8-24/h4-10,12-13,20,22,26-30H,11,14-19,21H2,1-3H3,(H,36,41)(H,37,39)/t26-,27-,28+,29?,30?,34-,35+/m0/s1. The molecule has 0 saturated heterocycles. The molecule has 0 spiro atoms. The topological polar surface area (TPSA) is 78.5 Å². The van der Waals surface area contributed by atoms with Crippen molar-refractivity contribution in [2.75, 3.05) is 12.4 Å². The van der Waals surface area contributed by atoms with Crippen molar-refractivity contribution in [1.29, 1.82) is 0 Å². The van der Waals surface area contributed by atoms with Crippen LogP contribution in [0, 0.1) is 28.6 Å². The highest BCUT2D eigenvalue weighted by atomic mass is 16.2. The molecule has 6 rings (SSSR count). The Bertz CT molecular complexity index is 1340. The predicted molar refractivity (Wildman–Crippen MR) is 161 cm³/mol. The van der Waals surface area contributed by atoms with Gasteiger partial charge in [-0.15, -0.1) is 0 Å². The number of carbonyl (C=O) groups is 3. The number of fused-ring (bicyclic) bond motifs is 5. The minimum absolute atomic E-state index is 0.0497. The molecule has 1 aliphatic heterocycles. The Kier molecular flexibility index (Phi) is 7.29. The summed E-state index contributed by atoms with van der Waals surface area (Å²) in [5.74, 6) is 2.02. The Hall–Kier alpha value is -3.41. The van der Waals surface area contributed by atoms with Crippen LogP contribution in [0.4, 0.5) is 5.69 Å². The maximum absolute atomic E-state index is 13.1. The molecule has 216 valence electrons. The van der Waals surface area contributed by atoms with Gasteiger partial charge in [-0.05, 0) is 104 Å². The van der Waals surface area contributed by atoms with E-state index in [0.29, 0.717) is 42.2 Å². The van der Waals surface area contributed by atoms with E-state index in [1.165, 1.54) is 12.8 Å². The highest BCUT2D eigenvalue weighted by Gasteiger charge is 2.60. The minimum atomic E-state index is -0.130. The molecular weight excluding hydrogens is 510 g/mol. The minimum Gasteiger partial charge on any atom is -0.353 e. The van der Waals surface area contributed by atoms with E-state index in [2.05, 4.69) is 30.6 Å². The molecule has 3 fully saturated rings. The smallest absolute Gasteiger partial charge is 0.255 e. The molecule has 6 nitrogen and oxygen atoms in total. The summed E-state index contributed by atoms with van der Waals surface area (Å²) in [6.07, 6.45) is 12.0. The van der Waals surface area contributed by atoms with Crippen LogP contribution < -0.4 is 10.6 Å². The number of hydrogen-bond acceptors (Lipinski definition) is 3. The summed E-state index contributed by atoms with van der Waals surface area (Å²) in [6, 6.07) is 17.5. The van der Waals surface area contributed by atoms with Gasteiger partial charge in [0.2, 0.25) is 11.8 Å². The quantitative estimate of drug-likeness (QED) is 0.461. The van der Waals surface area contributed by atoms with Crippen LogP contribution in [0.25, 0.3) is 0 Å². The Morgan fingerprint density at radius 2 is 1.68 bits per heavy atom. The highest BCUT2D eigenvalue weighted by Crippen LogP contribution is 2.63. The predicted octanol–water partition coefficient (Wildman–Crippen LogP) is 6.00. The zero-order chi connectivity index (χ0) is 28.8. The van der Waals surface area contributed by atoms with E-state index in [4.69, 9.17) is 0 Å². The van der Waals surface area contributed by atoms with Gasteiger partial charge < -0.3 is 15.5 Å². The number of aryl methyl sites for hydroxylation is 1. The van der Waals surface area contributed by atoms with Gasteiger partial charge in [-0.25, -0.2) is 0 Å². The lowest BCUT2D eigenvalue weighted by Gasteiger charge is -2.60. The number of amides is 3. The molecule has 2 unspecified atom stereocenters. The molecule has 2 aromatic rings. The first kappa shape index (κ1) is 27.7. The van der Waals surface area contributed by atoms with E-state index < -0.39 is 0 Å². The van der Waals surface area contributed by atoms with Crippen LogP contribution in [0.1, 0.15) is 74.7 Å². The lowest BCUT2D eigenvalue weighted by atomic mass is 9.48. The second-order valence-corrected chi connectivity index (χ2v) is 13.4. The van der Waals surface area contributed by atoms with Gasteiger partial charge in [0, 0.05) is 42.2 Å². The first-order valence-corrected chi connectivity index (χ1v) is 15.4. The number of carbonyl (C=O) groups excluding carboxylic acids is 3.